The average Bonchev–Trinajstić information content (AvgIpc) is 3.22. The van der Waals surface area contributed by atoms with Gasteiger partial charge in [0.25, 0.3) is 5.91 Å². The smallest absolute Gasteiger partial charge is 0.259 e. The van der Waals surface area contributed by atoms with Gasteiger partial charge in [0, 0.05) is 30.9 Å². The molecule has 0 aliphatic heterocycles. The van der Waals surface area contributed by atoms with E-state index in [-0.39, 0.29) is 5.91 Å². The summed E-state index contributed by atoms with van der Waals surface area (Å²) in [5, 5.41) is 8.14. The third-order valence-corrected chi connectivity index (χ3v) is 3.82. The van der Waals surface area contributed by atoms with Crippen molar-refractivity contribution in [2.45, 2.75) is 20.0 Å². The lowest BCUT2D eigenvalue weighted by molar-refractivity contribution is 0.0784. The van der Waals surface area contributed by atoms with Crippen LogP contribution in [0.2, 0.25) is 0 Å². The summed E-state index contributed by atoms with van der Waals surface area (Å²) in [6.45, 7) is 2.59. The maximum atomic E-state index is 12.9. The van der Waals surface area contributed by atoms with Crippen LogP contribution in [0.4, 0.5) is 0 Å². The number of rotatable bonds is 5. The Balaban J connectivity index is 1.83. The molecule has 3 rings (SSSR count). The Hall–Kier alpha value is -3.33. The largest absolute Gasteiger partial charge is 0.355 e. The molecule has 0 saturated carbocycles. The second-order valence-corrected chi connectivity index (χ2v) is 5.75. The molecule has 0 radical (unpaired) electrons. The van der Waals surface area contributed by atoms with E-state index in [0.29, 0.717) is 30.1 Å². The summed E-state index contributed by atoms with van der Waals surface area (Å²) in [4.78, 5) is 14.5. The molecule has 1 aromatic carbocycles. The standard InChI is InChI=1S/C19H18N4O2/c1-4-10-23-13-15(11-20-23)12-22(3)19(24)17-14(2)21-25-18(17)16-8-6-5-7-9-16/h1,5-9,11,13H,10,12H2,2-3H3. The van der Waals surface area contributed by atoms with Gasteiger partial charge in [0.15, 0.2) is 5.76 Å². The zero-order chi connectivity index (χ0) is 17.8. The van der Waals surface area contributed by atoms with E-state index in [4.69, 9.17) is 10.9 Å². The van der Waals surface area contributed by atoms with Crippen molar-refractivity contribution in [3.05, 3.63) is 59.5 Å². The molecule has 3 aromatic rings. The maximum absolute atomic E-state index is 12.9. The number of benzene rings is 1. The van der Waals surface area contributed by atoms with Crippen molar-refractivity contribution in [2.24, 2.45) is 0 Å². The molecule has 0 spiro atoms. The van der Waals surface area contributed by atoms with Crippen molar-refractivity contribution in [3.63, 3.8) is 0 Å². The predicted octanol–water partition coefficient (Wildman–Crippen LogP) is 2.75. The molecule has 2 aromatic heterocycles. The van der Waals surface area contributed by atoms with Gasteiger partial charge in [-0.05, 0) is 6.92 Å². The number of hydrogen-bond donors (Lipinski definition) is 0. The topological polar surface area (TPSA) is 64.2 Å². The molecule has 1 amide bonds. The first kappa shape index (κ1) is 16.5. The van der Waals surface area contributed by atoms with E-state index in [1.165, 1.54) is 0 Å². The highest BCUT2D eigenvalue weighted by atomic mass is 16.5. The van der Waals surface area contributed by atoms with Gasteiger partial charge in [-0.15, -0.1) is 6.42 Å². The molecule has 2 heterocycles. The first-order chi connectivity index (χ1) is 12.1. The van der Waals surface area contributed by atoms with E-state index in [2.05, 4.69) is 16.2 Å². The van der Waals surface area contributed by atoms with E-state index in [0.717, 1.165) is 11.1 Å². The SMILES string of the molecule is C#CCn1cc(CN(C)C(=O)c2c(C)noc2-c2ccccc2)cn1. The van der Waals surface area contributed by atoms with E-state index >= 15 is 0 Å². The molecule has 25 heavy (non-hydrogen) atoms. The molecule has 0 bridgehead atoms. The van der Waals surface area contributed by atoms with Crippen LogP contribution in [0.3, 0.4) is 0 Å². The number of carbonyl (C=O) groups is 1. The number of terminal acetylenes is 1. The lowest BCUT2D eigenvalue weighted by Gasteiger charge is -2.16. The molecule has 0 unspecified atom stereocenters. The average molecular weight is 334 g/mol. The Labute approximate surface area is 146 Å². The molecular weight excluding hydrogens is 316 g/mol. The van der Waals surface area contributed by atoms with Crippen molar-refractivity contribution in [3.8, 4) is 23.7 Å². The molecule has 0 N–H and O–H groups in total. The fourth-order valence-corrected chi connectivity index (χ4v) is 2.61. The van der Waals surface area contributed by atoms with Crippen LogP contribution in [0.5, 0.6) is 0 Å². The van der Waals surface area contributed by atoms with Gasteiger partial charge in [-0.3, -0.25) is 9.48 Å². The first-order valence-electron chi connectivity index (χ1n) is 7.82. The van der Waals surface area contributed by atoms with Crippen molar-refractivity contribution < 1.29 is 9.32 Å². The first-order valence-corrected chi connectivity index (χ1v) is 7.82. The quantitative estimate of drug-likeness (QED) is 0.673. The molecule has 6 nitrogen and oxygen atoms in total. The lowest BCUT2D eigenvalue weighted by Crippen LogP contribution is -2.26. The summed E-state index contributed by atoms with van der Waals surface area (Å²) in [6.07, 6.45) is 8.82. The van der Waals surface area contributed by atoms with E-state index in [1.807, 2.05) is 36.5 Å². The molecule has 0 aliphatic carbocycles. The fourth-order valence-electron chi connectivity index (χ4n) is 2.61. The lowest BCUT2D eigenvalue weighted by atomic mass is 10.1. The third kappa shape index (κ3) is 3.45. The van der Waals surface area contributed by atoms with Gasteiger partial charge >= 0.3 is 0 Å². The van der Waals surface area contributed by atoms with Crippen LogP contribution in [0.25, 0.3) is 11.3 Å². The molecule has 0 saturated heterocycles. The number of carbonyl (C=O) groups excluding carboxylic acids is 1. The highest BCUT2D eigenvalue weighted by Crippen LogP contribution is 2.27. The zero-order valence-electron chi connectivity index (χ0n) is 14.1. The number of nitrogens with zero attached hydrogens (tertiary/aromatic N) is 4. The van der Waals surface area contributed by atoms with Crippen LogP contribution in [-0.2, 0) is 13.1 Å². The van der Waals surface area contributed by atoms with Crippen LogP contribution in [0, 0.1) is 19.3 Å². The van der Waals surface area contributed by atoms with Crippen LogP contribution in [0.15, 0.2) is 47.2 Å². The minimum Gasteiger partial charge on any atom is -0.355 e. The van der Waals surface area contributed by atoms with Crippen molar-refractivity contribution in [2.75, 3.05) is 7.05 Å². The Morgan fingerprint density at radius 2 is 2.12 bits per heavy atom. The van der Waals surface area contributed by atoms with Crippen LogP contribution >= 0.6 is 0 Å². The highest BCUT2D eigenvalue weighted by molar-refractivity contribution is 6.00. The van der Waals surface area contributed by atoms with Crippen LogP contribution < -0.4 is 0 Å². The predicted molar refractivity (Wildman–Crippen MR) is 93.5 cm³/mol. The number of amides is 1. The fraction of sp³-hybridized carbons (Fsp3) is 0.211. The van der Waals surface area contributed by atoms with Gasteiger partial charge in [0.05, 0.1) is 11.9 Å². The maximum Gasteiger partial charge on any atom is 0.259 e. The second kappa shape index (κ2) is 7.05. The summed E-state index contributed by atoms with van der Waals surface area (Å²) in [7, 11) is 1.74. The highest BCUT2D eigenvalue weighted by Gasteiger charge is 2.24. The monoisotopic (exact) mass is 334 g/mol. The number of aryl methyl sites for hydroxylation is 1. The number of aromatic nitrogens is 3. The van der Waals surface area contributed by atoms with Crippen molar-refractivity contribution >= 4 is 5.91 Å². The zero-order valence-corrected chi connectivity index (χ0v) is 14.1. The Morgan fingerprint density at radius 3 is 2.84 bits per heavy atom. The Bertz CT molecular complexity index is 919. The van der Waals surface area contributed by atoms with Crippen molar-refractivity contribution in [1.82, 2.24) is 19.8 Å². The molecule has 6 heteroatoms. The van der Waals surface area contributed by atoms with Gasteiger partial charge in [0.2, 0.25) is 0 Å². The third-order valence-electron chi connectivity index (χ3n) is 3.82. The van der Waals surface area contributed by atoms with Gasteiger partial charge in [-0.2, -0.15) is 5.10 Å². The summed E-state index contributed by atoms with van der Waals surface area (Å²) in [6, 6.07) is 9.48. The summed E-state index contributed by atoms with van der Waals surface area (Å²) in [5.74, 6) is 2.86. The molecule has 0 fully saturated rings. The van der Waals surface area contributed by atoms with Crippen LogP contribution in [0.1, 0.15) is 21.6 Å². The second-order valence-electron chi connectivity index (χ2n) is 5.75. The van der Waals surface area contributed by atoms with Gasteiger partial charge in [-0.1, -0.05) is 41.4 Å². The molecule has 0 aliphatic rings. The van der Waals surface area contributed by atoms with Gasteiger partial charge < -0.3 is 9.42 Å². The van der Waals surface area contributed by atoms with Crippen LogP contribution in [-0.4, -0.2) is 32.8 Å². The van der Waals surface area contributed by atoms with Crippen molar-refractivity contribution in [1.29, 1.82) is 0 Å². The minimum atomic E-state index is -0.151. The molecule has 126 valence electrons. The summed E-state index contributed by atoms with van der Waals surface area (Å²) < 4.78 is 7.06. The summed E-state index contributed by atoms with van der Waals surface area (Å²) >= 11 is 0. The molecule has 0 atom stereocenters. The van der Waals surface area contributed by atoms with Gasteiger partial charge in [0.1, 0.15) is 12.1 Å². The molecular formula is C19H18N4O2. The van der Waals surface area contributed by atoms with Gasteiger partial charge in [-0.25, -0.2) is 0 Å². The number of hydrogen-bond acceptors (Lipinski definition) is 4. The van der Waals surface area contributed by atoms with E-state index in [9.17, 15) is 4.79 Å². The van der Waals surface area contributed by atoms with E-state index < -0.39 is 0 Å². The van der Waals surface area contributed by atoms with E-state index in [1.54, 1.807) is 29.7 Å². The Kier molecular flexibility index (Phi) is 4.66. The normalized spacial score (nSPS) is 10.4. The minimum absolute atomic E-state index is 0.151. The summed E-state index contributed by atoms with van der Waals surface area (Å²) in [5.41, 5.74) is 2.77. The Morgan fingerprint density at radius 1 is 1.36 bits per heavy atom.